The van der Waals surface area contributed by atoms with E-state index in [1.807, 2.05) is 0 Å². The van der Waals surface area contributed by atoms with Crippen LogP contribution < -0.4 is 6.15 Å². The van der Waals surface area contributed by atoms with Gasteiger partial charge in [0.05, 0.1) is 6.42 Å². The molecule has 1 atom stereocenters. The highest BCUT2D eigenvalue weighted by Gasteiger charge is 2.33. The van der Waals surface area contributed by atoms with E-state index in [-0.39, 0.29) is 6.15 Å². The predicted molar refractivity (Wildman–Crippen MR) is 99.2 cm³/mol. The first kappa shape index (κ1) is 29.5. The lowest BCUT2D eigenvalue weighted by Gasteiger charge is -2.04. The van der Waals surface area contributed by atoms with E-state index in [4.69, 9.17) is 19.9 Å². The van der Waals surface area contributed by atoms with Gasteiger partial charge in [0.2, 0.25) is 0 Å². The van der Waals surface area contributed by atoms with Gasteiger partial charge in [-0.2, -0.15) is 8.42 Å². The van der Waals surface area contributed by atoms with Crippen LogP contribution in [0.1, 0.15) is 77.6 Å². The number of aliphatic carboxylic acids is 2. The van der Waals surface area contributed by atoms with E-state index < -0.39 is 33.7 Å². The summed E-state index contributed by atoms with van der Waals surface area (Å²) in [7, 11) is -4.84. The Morgan fingerprint density at radius 1 is 0.846 bits per heavy atom. The molecule has 0 aromatic rings. The van der Waals surface area contributed by atoms with E-state index in [9.17, 15) is 18.0 Å². The van der Waals surface area contributed by atoms with Crippen molar-refractivity contribution >= 4 is 22.1 Å². The van der Waals surface area contributed by atoms with Crippen molar-refractivity contribution < 1.29 is 37.9 Å². The largest absolute Gasteiger partial charge is 0.481 e. The van der Waals surface area contributed by atoms with Gasteiger partial charge in [0, 0.05) is 6.61 Å². The Bertz CT molecular complexity index is 443. The summed E-state index contributed by atoms with van der Waals surface area (Å²) in [5.41, 5.74) is 0. The number of carboxylic acids is 2. The Balaban J connectivity index is -0.000000393. The molecule has 9 nitrogen and oxygen atoms in total. The van der Waals surface area contributed by atoms with Crippen LogP contribution in [0.3, 0.4) is 0 Å². The van der Waals surface area contributed by atoms with Crippen molar-refractivity contribution in [1.82, 2.24) is 6.15 Å². The van der Waals surface area contributed by atoms with Crippen molar-refractivity contribution in [3.63, 3.8) is 0 Å². The maximum atomic E-state index is 10.2. The Kier molecular flexibility index (Phi) is 21.1. The summed E-state index contributed by atoms with van der Waals surface area (Å²) in [6.07, 6.45) is 12.1. The minimum Gasteiger partial charge on any atom is -0.481 e. The lowest BCUT2D eigenvalue weighted by atomic mass is 10.1. The van der Waals surface area contributed by atoms with Gasteiger partial charge in [-0.25, -0.2) is 0 Å². The summed E-state index contributed by atoms with van der Waals surface area (Å²) < 4.78 is 28.7. The van der Waals surface area contributed by atoms with Crippen LogP contribution in [0.4, 0.5) is 0 Å². The van der Waals surface area contributed by atoms with Crippen molar-refractivity contribution in [2.75, 3.05) is 6.61 Å². The quantitative estimate of drug-likeness (QED) is 0.215. The molecule has 0 bridgehead atoms. The molecule has 0 aliphatic heterocycles. The number of aliphatic hydroxyl groups excluding tert-OH is 1. The molecular formula is C16H35NO8S. The Hall–Kier alpha value is -1.23. The van der Waals surface area contributed by atoms with Crippen LogP contribution in [0.5, 0.6) is 0 Å². The highest BCUT2D eigenvalue weighted by Crippen LogP contribution is 2.10. The molecule has 0 spiro atoms. The maximum absolute atomic E-state index is 10.2. The minimum absolute atomic E-state index is 0. The fraction of sp³-hybridized carbons (Fsp3) is 0.875. The first-order valence-corrected chi connectivity index (χ1v) is 10.2. The van der Waals surface area contributed by atoms with Gasteiger partial charge in [0.25, 0.3) is 10.1 Å². The van der Waals surface area contributed by atoms with E-state index in [1.165, 1.54) is 57.8 Å². The van der Waals surface area contributed by atoms with Crippen LogP contribution in [0.25, 0.3) is 0 Å². The second-order valence-corrected chi connectivity index (χ2v) is 7.44. The summed E-state index contributed by atoms with van der Waals surface area (Å²) in [6, 6.07) is 0. The smallest absolute Gasteiger partial charge is 0.325 e. The van der Waals surface area contributed by atoms with Crippen molar-refractivity contribution in [2.45, 2.75) is 82.8 Å². The second kappa shape index (κ2) is 18.6. The Morgan fingerprint density at radius 3 is 1.46 bits per heavy atom. The fourth-order valence-electron chi connectivity index (χ4n) is 2.08. The van der Waals surface area contributed by atoms with Gasteiger partial charge >= 0.3 is 11.9 Å². The standard InChI is InChI=1S/C12H26O.C4H6O7S.H3N/c1-2-3-4-5-6-7-8-9-10-11-12-13;5-3(6)1-2(4(7)8)12(9,10)11;/h13H,2-12H2,1H3;2H,1H2,(H,5,6)(H,7,8)(H,9,10,11);1H3. The van der Waals surface area contributed by atoms with E-state index in [0.717, 1.165) is 6.42 Å². The third-order valence-corrected chi connectivity index (χ3v) is 4.59. The molecule has 0 aromatic carbocycles. The van der Waals surface area contributed by atoms with Crippen LogP contribution in [0.2, 0.25) is 0 Å². The van der Waals surface area contributed by atoms with E-state index >= 15 is 0 Å². The topological polar surface area (TPSA) is 184 Å². The molecule has 0 radical (unpaired) electrons. The molecule has 7 N–H and O–H groups in total. The van der Waals surface area contributed by atoms with Crippen molar-refractivity contribution in [3.8, 4) is 0 Å². The molecular weight excluding hydrogens is 366 g/mol. The van der Waals surface area contributed by atoms with Crippen LogP contribution in [0, 0.1) is 0 Å². The molecule has 10 heteroatoms. The first-order valence-electron chi connectivity index (χ1n) is 8.68. The summed E-state index contributed by atoms with van der Waals surface area (Å²) >= 11 is 0. The van der Waals surface area contributed by atoms with E-state index in [0.29, 0.717) is 6.61 Å². The van der Waals surface area contributed by atoms with Gasteiger partial charge in [-0.15, -0.1) is 0 Å². The molecule has 0 aliphatic rings. The Morgan fingerprint density at radius 2 is 1.23 bits per heavy atom. The third-order valence-electron chi connectivity index (χ3n) is 3.51. The van der Waals surface area contributed by atoms with Gasteiger partial charge in [0.15, 0.2) is 5.25 Å². The molecule has 1 unspecified atom stereocenters. The number of rotatable bonds is 14. The average Bonchev–Trinajstić information content (AvgIpc) is 2.50. The molecule has 0 fully saturated rings. The molecule has 0 rings (SSSR count). The van der Waals surface area contributed by atoms with Crippen LogP contribution in [0.15, 0.2) is 0 Å². The predicted octanol–water partition coefficient (Wildman–Crippen LogP) is 2.86. The number of carbonyl (C=O) groups is 2. The third kappa shape index (κ3) is 20.8. The highest BCUT2D eigenvalue weighted by molar-refractivity contribution is 7.87. The molecule has 0 heterocycles. The average molecular weight is 402 g/mol. The zero-order valence-electron chi connectivity index (χ0n) is 15.6. The van der Waals surface area contributed by atoms with Gasteiger partial charge in [-0.05, 0) is 6.42 Å². The van der Waals surface area contributed by atoms with E-state index in [1.54, 1.807) is 0 Å². The van der Waals surface area contributed by atoms with Crippen molar-refractivity contribution in [2.24, 2.45) is 0 Å². The number of hydrogen-bond acceptors (Lipinski definition) is 6. The summed E-state index contributed by atoms with van der Waals surface area (Å²) in [5.74, 6) is -3.50. The lowest BCUT2D eigenvalue weighted by molar-refractivity contribution is -0.143. The number of aliphatic hydroxyl groups is 1. The van der Waals surface area contributed by atoms with Crippen LogP contribution >= 0.6 is 0 Å². The molecule has 0 aromatic heterocycles. The SMILES string of the molecule is CCCCCCCCCCCCO.N.O=C(O)CC(C(=O)O)S(=O)(=O)O. The van der Waals surface area contributed by atoms with Crippen molar-refractivity contribution in [1.29, 1.82) is 0 Å². The van der Waals surface area contributed by atoms with Crippen LogP contribution in [-0.2, 0) is 19.7 Å². The molecule has 0 amide bonds. The second-order valence-electron chi connectivity index (χ2n) is 5.85. The van der Waals surface area contributed by atoms with Gasteiger partial charge in [-0.3, -0.25) is 14.1 Å². The molecule has 158 valence electrons. The fourth-order valence-corrected chi connectivity index (χ4v) is 2.69. The zero-order valence-corrected chi connectivity index (χ0v) is 16.4. The maximum Gasteiger partial charge on any atom is 0.325 e. The van der Waals surface area contributed by atoms with E-state index in [2.05, 4.69) is 6.92 Å². The highest BCUT2D eigenvalue weighted by atomic mass is 32.2. The number of unbranched alkanes of at least 4 members (excludes halogenated alkanes) is 9. The molecule has 26 heavy (non-hydrogen) atoms. The Labute approximate surface area is 156 Å². The van der Waals surface area contributed by atoms with Crippen molar-refractivity contribution in [3.05, 3.63) is 0 Å². The normalized spacial score (nSPS) is 11.7. The van der Waals surface area contributed by atoms with Gasteiger partial charge < -0.3 is 21.5 Å². The molecule has 0 aliphatic carbocycles. The first-order chi connectivity index (χ1) is 11.7. The molecule has 0 saturated carbocycles. The van der Waals surface area contributed by atoms with Crippen LogP contribution in [-0.4, -0.2) is 52.1 Å². The zero-order chi connectivity index (χ0) is 19.7. The lowest BCUT2D eigenvalue weighted by Crippen LogP contribution is -2.31. The number of hydrogen-bond donors (Lipinski definition) is 5. The van der Waals surface area contributed by atoms with Gasteiger partial charge in [-0.1, -0.05) is 64.7 Å². The summed E-state index contributed by atoms with van der Waals surface area (Å²) in [6.45, 7) is 2.63. The monoisotopic (exact) mass is 401 g/mol. The molecule has 0 saturated heterocycles. The summed E-state index contributed by atoms with van der Waals surface area (Å²) in [5, 5.41) is 22.5. The van der Waals surface area contributed by atoms with Gasteiger partial charge in [0.1, 0.15) is 0 Å². The number of carboxylic acid groups (broad SMARTS) is 2. The summed E-state index contributed by atoms with van der Waals surface area (Å²) in [4.78, 5) is 20.0. The minimum atomic E-state index is -4.84.